The molecule has 2 aliphatic heterocycles. The zero-order valence-corrected chi connectivity index (χ0v) is 11.6. The lowest BCUT2D eigenvalue weighted by Crippen LogP contribution is -2.48. The zero-order chi connectivity index (χ0) is 13.2. The summed E-state index contributed by atoms with van der Waals surface area (Å²) in [5.41, 5.74) is -0.426. The van der Waals surface area contributed by atoms with Gasteiger partial charge in [-0.1, -0.05) is 0 Å². The minimum absolute atomic E-state index is 0.207. The third kappa shape index (κ3) is 3.59. The number of fused-ring (bicyclic) bond motifs is 1. The van der Waals surface area contributed by atoms with Gasteiger partial charge in [-0.25, -0.2) is 4.79 Å². The molecule has 104 valence electrons. The Bertz CT molecular complexity index is 285. The standard InChI is InChI=1S/C13H24N2O3/c1-13(2,3)18-12(16)15-7-4-10-11(5-8-15)17-9-6-14-10/h10-11,14H,4-9H2,1-3H3/t10-,11+/m0/s1. The Morgan fingerprint density at radius 1 is 1.33 bits per heavy atom. The lowest BCUT2D eigenvalue weighted by Gasteiger charge is -2.30. The Hall–Kier alpha value is -0.810. The van der Waals surface area contributed by atoms with Crippen LogP contribution in [0, 0.1) is 0 Å². The third-order valence-electron chi connectivity index (χ3n) is 3.33. The van der Waals surface area contributed by atoms with Crippen molar-refractivity contribution in [3.63, 3.8) is 0 Å². The summed E-state index contributed by atoms with van der Waals surface area (Å²) in [4.78, 5) is 13.8. The molecule has 0 spiro atoms. The van der Waals surface area contributed by atoms with Crippen LogP contribution in [0.1, 0.15) is 33.6 Å². The molecule has 5 heteroatoms. The van der Waals surface area contributed by atoms with Crippen LogP contribution in [0.25, 0.3) is 0 Å². The van der Waals surface area contributed by atoms with E-state index in [1.54, 1.807) is 4.90 Å². The summed E-state index contributed by atoms with van der Waals surface area (Å²) >= 11 is 0. The van der Waals surface area contributed by atoms with Crippen LogP contribution in [0.2, 0.25) is 0 Å². The van der Waals surface area contributed by atoms with Crippen molar-refractivity contribution >= 4 is 6.09 Å². The van der Waals surface area contributed by atoms with Gasteiger partial charge in [0.1, 0.15) is 5.60 Å². The molecule has 2 atom stereocenters. The third-order valence-corrected chi connectivity index (χ3v) is 3.33. The molecule has 5 nitrogen and oxygen atoms in total. The van der Waals surface area contributed by atoms with Gasteiger partial charge >= 0.3 is 6.09 Å². The number of likely N-dealkylation sites (tertiary alicyclic amines) is 1. The number of nitrogens with one attached hydrogen (secondary N) is 1. The van der Waals surface area contributed by atoms with Crippen molar-refractivity contribution in [1.82, 2.24) is 10.2 Å². The van der Waals surface area contributed by atoms with Crippen molar-refractivity contribution in [3.05, 3.63) is 0 Å². The Morgan fingerprint density at radius 2 is 2.06 bits per heavy atom. The van der Waals surface area contributed by atoms with Crippen LogP contribution in [0.15, 0.2) is 0 Å². The van der Waals surface area contributed by atoms with E-state index in [0.717, 1.165) is 39.1 Å². The van der Waals surface area contributed by atoms with E-state index in [0.29, 0.717) is 6.04 Å². The van der Waals surface area contributed by atoms with Crippen LogP contribution in [0.4, 0.5) is 4.79 Å². The predicted molar refractivity (Wildman–Crippen MR) is 68.6 cm³/mol. The molecule has 0 aromatic heterocycles. The summed E-state index contributed by atoms with van der Waals surface area (Å²) in [6.45, 7) is 8.83. The van der Waals surface area contributed by atoms with Crippen LogP contribution in [0.5, 0.6) is 0 Å². The number of morpholine rings is 1. The average Bonchev–Trinajstić information content (AvgIpc) is 2.49. The van der Waals surface area contributed by atoms with E-state index < -0.39 is 5.60 Å². The molecule has 0 unspecified atom stereocenters. The van der Waals surface area contributed by atoms with Crippen LogP contribution in [0.3, 0.4) is 0 Å². The van der Waals surface area contributed by atoms with Crippen molar-refractivity contribution in [2.75, 3.05) is 26.2 Å². The molecule has 0 saturated carbocycles. The van der Waals surface area contributed by atoms with Crippen molar-refractivity contribution < 1.29 is 14.3 Å². The van der Waals surface area contributed by atoms with Gasteiger partial charge in [-0.2, -0.15) is 0 Å². The van der Waals surface area contributed by atoms with Gasteiger partial charge in [-0.05, 0) is 33.6 Å². The largest absolute Gasteiger partial charge is 0.444 e. The van der Waals surface area contributed by atoms with E-state index in [1.165, 1.54) is 0 Å². The first kappa shape index (κ1) is 13.6. The highest BCUT2D eigenvalue weighted by atomic mass is 16.6. The Labute approximate surface area is 109 Å². The van der Waals surface area contributed by atoms with Crippen molar-refractivity contribution in [2.45, 2.75) is 51.4 Å². The second-order valence-electron chi connectivity index (χ2n) is 6.01. The predicted octanol–water partition coefficient (Wildman–Crippen LogP) is 1.37. The van der Waals surface area contributed by atoms with Gasteiger partial charge in [-0.15, -0.1) is 0 Å². The monoisotopic (exact) mass is 256 g/mol. The van der Waals surface area contributed by atoms with Crippen LogP contribution in [-0.2, 0) is 9.47 Å². The molecule has 2 rings (SSSR count). The molecular weight excluding hydrogens is 232 g/mol. The minimum Gasteiger partial charge on any atom is -0.444 e. The zero-order valence-electron chi connectivity index (χ0n) is 11.6. The fourth-order valence-corrected chi connectivity index (χ4v) is 2.47. The summed E-state index contributed by atoms with van der Waals surface area (Å²) in [6.07, 6.45) is 1.85. The topological polar surface area (TPSA) is 50.8 Å². The maximum atomic E-state index is 12.0. The second-order valence-corrected chi connectivity index (χ2v) is 6.01. The van der Waals surface area contributed by atoms with E-state index in [4.69, 9.17) is 9.47 Å². The molecule has 0 aromatic carbocycles. The summed E-state index contributed by atoms with van der Waals surface area (Å²) in [7, 11) is 0. The van der Waals surface area contributed by atoms with Gasteiger partial charge in [-0.3, -0.25) is 0 Å². The number of nitrogens with zero attached hydrogens (tertiary/aromatic N) is 1. The van der Waals surface area contributed by atoms with Gasteiger partial charge in [0.15, 0.2) is 0 Å². The molecule has 18 heavy (non-hydrogen) atoms. The molecule has 2 aliphatic rings. The maximum Gasteiger partial charge on any atom is 0.410 e. The van der Waals surface area contributed by atoms with Crippen LogP contribution in [-0.4, -0.2) is 55.0 Å². The van der Waals surface area contributed by atoms with E-state index in [2.05, 4.69) is 5.32 Å². The number of ether oxygens (including phenoxy) is 2. The highest BCUT2D eigenvalue weighted by Crippen LogP contribution is 2.19. The van der Waals surface area contributed by atoms with E-state index in [1.807, 2.05) is 20.8 Å². The quantitative estimate of drug-likeness (QED) is 0.711. The van der Waals surface area contributed by atoms with E-state index in [9.17, 15) is 4.79 Å². The molecule has 1 N–H and O–H groups in total. The van der Waals surface area contributed by atoms with Gasteiger partial charge in [0, 0.05) is 25.7 Å². The molecule has 0 aromatic rings. The molecule has 2 fully saturated rings. The van der Waals surface area contributed by atoms with Crippen molar-refractivity contribution in [1.29, 1.82) is 0 Å². The lowest BCUT2D eigenvalue weighted by atomic mass is 10.1. The highest BCUT2D eigenvalue weighted by Gasteiger charge is 2.32. The Balaban J connectivity index is 1.90. The highest BCUT2D eigenvalue weighted by molar-refractivity contribution is 5.68. The first-order valence-corrected chi connectivity index (χ1v) is 6.78. The van der Waals surface area contributed by atoms with E-state index >= 15 is 0 Å². The van der Waals surface area contributed by atoms with Gasteiger partial charge in [0.05, 0.1) is 12.7 Å². The number of hydrogen-bond donors (Lipinski definition) is 1. The Morgan fingerprint density at radius 3 is 2.78 bits per heavy atom. The van der Waals surface area contributed by atoms with Crippen LogP contribution >= 0.6 is 0 Å². The molecule has 2 heterocycles. The lowest BCUT2D eigenvalue weighted by molar-refractivity contribution is -0.00614. The summed E-state index contributed by atoms with van der Waals surface area (Å²) in [5.74, 6) is 0. The summed E-state index contributed by atoms with van der Waals surface area (Å²) < 4.78 is 11.2. The average molecular weight is 256 g/mol. The van der Waals surface area contributed by atoms with Gasteiger partial charge in [0.2, 0.25) is 0 Å². The number of amides is 1. The first-order chi connectivity index (χ1) is 8.46. The molecule has 2 saturated heterocycles. The van der Waals surface area contributed by atoms with E-state index in [-0.39, 0.29) is 12.2 Å². The number of rotatable bonds is 0. The van der Waals surface area contributed by atoms with Gasteiger partial charge in [0.25, 0.3) is 0 Å². The number of carbonyl (C=O) groups is 1. The molecule has 0 bridgehead atoms. The summed E-state index contributed by atoms with van der Waals surface area (Å²) in [6, 6.07) is 0.381. The SMILES string of the molecule is CC(C)(C)OC(=O)N1CC[C@@H]2NCCO[C@@H]2CC1. The van der Waals surface area contributed by atoms with Crippen molar-refractivity contribution in [3.8, 4) is 0 Å². The fraction of sp³-hybridized carbons (Fsp3) is 0.923. The smallest absolute Gasteiger partial charge is 0.410 e. The fourth-order valence-electron chi connectivity index (χ4n) is 2.47. The maximum absolute atomic E-state index is 12.0. The first-order valence-electron chi connectivity index (χ1n) is 6.78. The molecule has 0 aliphatic carbocycles. The van der Waals surface area contributed by atoms with Crippen LogP contribution < -0.4 is 5.32 Å². The van der Waals surface area contributed by atoms with Gasteiger partial charge < -0.3 is 19.7 Å². The van der Waals surface area contributed by atoms with Crippen molar-refractivity contribution in [2.24, 2.45) is 0 Å². The Kier molecular flexibility index (Phi) is 4.12. The molecule has 1 amide bonds. The normalized spacial score (nSPS) is 29.4. The minimum atomic E-state index is -0.426. The number of carbonyl (C=O) groups excluding carboxylic acids is 1. The molecule has 0 radical (unpaired) electrons. The summed E-state index contributed by atoms with van der Waals surface area (Å²) in [5, 5.41) is 3.46. The second kappa shape index (κ2) is 5.45. The number of hydrogen-bond acceptors (Lipinski definition) is 4. The molecular formula is C13H24N2O3.